The monoisotopic (exact) mass is 239 g/mol. The van der Waals surface area contributed by atoms with Crippen LogP contribution in [-0.2, 0) is 16.0 Å². The van der Waals surface area contributed by atoms with Crippen LogP contribution in [0.2, 0.25) is 0 Å². The summed E-state index contributed by atoms with van der Waals surface area (Å²) in [4.78, 5) is 21.8. The van der Waals surface area contributed by atoms with Gasteiger partial charge in [0.25, 0.3) is 0 Å². The molecular formula is C11H17N3O3. The number of hydrogen-bond donors (Lipinski definition) is 3. The molecule has 0 fully saturated rings. The molecule has 0 radical (unpaired) electrons. The number of carboxylic acid groups (broad SMARTS) is 1. The number of rotatable bonds is 6. The summed E-state index contributed by atoms with van der Waals surface area (Å²) in [5.41, 5.74) is 2.14. The van der Waals surface area contributed by atoms with Gasteiger partial charge in [0, 0.05) is 12.2 Å². The molecule has 0 saturated carbocycles. The third kappa shape index (κ3) is 3.90. The first-order valence-corrected chi connectivity index (χ1v) is 5.51. The van der Waals surface area contributed by atoms with Crippen LogP contribution in [0.25, 0.3) is 0 Å². The average Bonchev–Trinajstić information content (AvgIpc) is 2.69. The fraction of sp³-hybridized carbons (Fsp3) is 0.545. The van der Waals surface area contributed by atoms with Crippen LogP contribution in [0.5, 0.6) is 0 Å². The summed E-state index contributed by atoms with van der Waals surface area (Å²) in [7, 11) is 0. The number of carbonyl (C=O) groups excluding carboxylic acids is 1. The molecule has 1 aromatic heterocycles. The van der Waals surface area contributed by atoms with Crippen molar-refractivity contribution in [1.82, 2.24) is 15.5 Å². The van der Waals surface area contributed by atoms with E-state index in [9.17, 15) is 9.59 Å². The highest BCUT2D eigenvalue weighted by molar-refractivity contribution is 5.96. The minimum atomic E-state index is -1.10. The molecule has 0 aliphatic carbocycles. The number of hydrogen-bond acceptors (Lipinski definition) is 3. The van der Waals surface area contributed by atoms with E-state index in [1.807, 2.05) is 6.92 Å². The lowest BCUT2D eigenvalue weighted by atomic mass is 10.1. The van der Waals surface area contributed by atoms with E-state index in [2.05, 4.69) is 15.5 Å². The lowest BCUT2D eigenvalue weighted by molar-refractivity contribution is -0.146. The predicted molar refractivity (Wildman–Crippen MR) is 61.5 cm³/mol. The van der Waals surface area contributed by atoms with E-state index in [0.29, 0.717) is 6.54 Å². The Morgan fingerprint density at radius 3 is 2.82 bits per heavy atom. The molecule has 0 aliphatic rings. The fourth-order valence-corrected chi connectivity index (χ4v) is 1.38. The van der Waals surface area contributed by atoms with Crippen LogP contribution in [0, 0.1) is 12.8 Å². The Labute approximate surface area is 99.4 Å². The normalized spacial score (nSPS) is 12.1. The van der Waals surface area contributed by atoms with Crippen molar-refractivity contribution in [3.05, 3.63) is 17.5 Å². The molecule has 94 valence electrons. The summed E-state index contributed by atoms with van der Waals surface area (Å²) in [5, 5.41) is 18.0. The molecule has 6 nitrogen and oxygen atoms in total. The largest absolute Gasteiger partial charge is 0.481 e. The molecule has 0 saturated heterocycles. The van der Waals surface area contributed by atoms with Crippen molar-refractivity contribution in [2.75, 3.05) is 6.54 Å². The third-order valence-corrected chi connectivity index (χ3v) is 2.62. The Bertz CT molecular complexity index is 400. The summed E-state index contributed by atoms with van der Waals surface area (Å²) in [6, 6.07) is 0. The Morgan fingerprint density at radius 2 is 2.29 bits per heavy atom. The highest BCUT2D eigenvalue weighted by Crippen LogP contribution is 2.05. The van der Waals surface area contributed by atoms with E-state index < -0.39 is 17.8 Å². The quantitative estimate of drug-likeness (QED) is 0.497. The molecule has 1 aromatic rings. The van der Waals surface area contributed by atoms with Gasteiger partial charge >= 0.3 is 5.97 Å². The van der Waals surface area contributed by atoms with E-state index >= 15 is 0 Å². The lowest BCUT2D eigenvalue weighted by Gasteiger charge is -2.07. The number of aromatic amines is 1. The summed E-state index contributed by atoms with van der Waals surface area (Å²) in [6.45, 7) is 3.78. The van der Waals surface area contributed by atoms with Crippen LogP contribution < -0.4 is 5.32 Å². The zero-order valence-electron chi connectivity index (χ0n) is 9.99. The molecule has 1 amide bonds. The van der Waals surface area contributed by atoms with Crippen LogP contribution in [0.3, 0.4) is 0 Å². The van der Waals surface area contributed by atoms with Gasteiger partial charge in [-0.25, -0.2) is 0 Å². The smallest absolute Gasteiger partial charge is 0.315 e. The number of carboxylic acids is 1. The first-order chi connectivity index (χ1) is 8.02. The fourth-order valence-electron chi connectivity index (χ4n) is 1.38. The van der Waals surface area contributed by atoms with Crippen molar-refractivity contribution < 1.29 is 14.7 Å². The molecule has 6 heteroatoms. The van der Waals surface area contributed by atoms with Crippen molar-refractivity contribution >= 4 is 11.9 Å². The van der Waals surface area contributed by atoms with E-state index in [1.54, 1.807) is 6.20 Å². The summed E-state index contributed by atoms with van der Waals surface area (Å²) < 4.78 is 0. The Morgan fingerprint density at radius 1 is 1.59 bits per heavy atom. The molecule has 1 heterocycles. The molecule has 3 N–H and O–H groups in total. The summed E-state index contributed by atoms with van der Waals surface area (Å²) in [6.07, 6.45) is 3.33. The number of aliphatic carboxylic acids is 1. The number of nitrogens with zero attached hydrogens (tertiary/aromatic N) is 1. The number of aromatic nitrogens is 2. The van der Waals surface area contributed by atoms with Crippen LogP contribution >= 0.6 is 0 Å². The second kappa shape index (κ2) is 6.03. The molecule has 0 aliphatic heterocycles. The predicted octanol–water partition coefficient (Wildman–Crippen LogP) is 0.488. The highest BCUT2D eigenvalue weighted by atomic mass is 16.4. The maximum Gasteiger partial charge on any atom is 0.315 e. The van der Waals surface area contributed by atoms with Gasteiger partial charge in [-0.05, 0) is 32.3 Å². The molecule has 0 spiro atoms. The van der Waals surface area contributed by atoms with E-state index in [4.69, 9.17) is 5.11 Å². The molecule has 1 rings (SSSR count). The van der Waals surface area contributed by atoms with Crippen molar-refractivity contribution in [2.45, 2.75) is 26.7 Å². The van der Waals surface area contributed by atoms with Crippen molar-refractivity contribution in [2.24, 2.45) is 5.92 Å². The van der Waals surface area contributed by atoms with Crippen LogP contribution in [0.1, 0.15) is 24.6 Å². The molecule has 1 unspecified atom stereocenters. The topological polar surface area (TPSA) is 95.1 Å². The van der Waals surface area contributed by atoms with Gasteiger partial charge in [-0.3, -0.25) is 14.7 Å². The van der Waals surface area contributed by atoms with Crippen LogP contribution in [0.15, 0.2) is 6.20 Å². The van der Waals surface area contributed by atoms with Gasteiger partial charge in [0.2, 0.25) is 5.91 Å². The second-order valence-electron chi connectivity index (χ2n) is 3.97. The third-order valence-electron chi connectivity index (χ3n) is 2.62. The standard InChI is InChI=1S/C11H17N3O3/c1-7(11(16)17)10(15)12-5-3-4-9-6-13-14-8(9)2/h6-7H,3-5H2,1-2H3,(H,12,15)(H,13,14)(H,16,17). The Balaban J connectivity index is 2.23. The number of nitrogens with one attached hydrogen (secondary N) is 2. The summed E-state index contributed by atoms with van der Waals surface area (Å²) in [5.74, 6) is -2.54. The minimum Gasteiger partial charge on any atom is -0.481 e. The van der Waals surface area contributed by atoms with E-state index in [-0.39, 0.29) is 0 Å². The lowest BCUT2D eigenvalue weighted by Crippen LogP contribution is -2.34. The van der Waals surface area contributed by atoms with Crippen molar-refractivity contribution in [1.29, 1.82) is 0 Å². The van der Waals surface area contributed by atoms with Crippen molar-refractivity contribution in [3.8, 4) is 0 Å². The van der Waals surface area contributed by atoms with Gasteiger partial charge in [0.1, 0.15) is 5.92 Å². The zero-order chi connectivity index (χ0) is 12.8. The van der Waals surface area contributed by atoms with Crippen LogP contribution in [0.4, 0.5) is 0 Å². The van der Waals surface area contributed by atoms with E-state index in [1.165, 1.54) is 6.92 Å². The van der Waals surface area contributed by atoms with E-state index in [0.717, 1.165) is 24.1 Å². The molecule has 0 bridgehead atoms. The maximum absolute atomic E-state index is 11.3. The molecule has 0 aromatic carbocycles. The van der Waals surface area contributed by atoms with Crippen LogP contribution in [-0.4, -0.2) is 33.7 Å². The zero-order valence-corrected chi connectivity index (χ0v) is 9.99. The van der Waals surface area contributed by atoms with Gasteiger partial charge in [0.05, 0.1) is 6.20 Å². The maximum atomic E-state index is 11.3. The number of amides is 1. The second-order valence-corrected chi connectivity index (χ2v) is 3.97. The Kier molecular flexibility index (Phi) is 4.68. The molecule has 17 heavy (non-hydrogen) atoms. The number of carbonyl (C=O) groups is 2. The number of H-pyrrole nitrogens is 1. The first-order valence-electron chi connectivity index (χ1n) is 5.51. The van der Waals surface area contributed by atoms with Crippen molar-refractivity contribution in [3.63, 3.8) is 0 Å². The van der Waals surface area contributed by atoms with Gasteiger partial charge < -0.3 is 10.4 Å². The van der Waals surface area contributed by atoms with Gasteiger partial charge in [-0.2, -0.15) is 5.10 Å². The molecule has 1 atom stereocenters. The number of aryl methyl sites for hydroxylation is 2. The van der Waals surface area contributed by atoms with Gasteiger partial charge in [0.15, 0.2) is 0 Å². The highest BCUT2D eigenvalue weighted by Gasteiger charge is 2.19. The van der Waals surface area contributed by atoms with Gasteiger partial charge in [-0.15, -0.1) is 0 Å². The first kappa shape index (κ1) is 13.2. The average molecular weight is 239 g/mol. The minimum absolute atomic E-state index is 0.443. The SMILES string of the molecule is Cc1[nH]ncc1CCCNC(=O)C(C)C(=O)O. The Hall–Kier alpha value is -1.85. The van der Waals surface area contributed by atoms with Gasteiger partial charge in [-0.1, -0.05) is 0 Å². The molecular weight excluding hydrogens is 222 g/mol. The summed E-state index contributed by atoms with van der Waals surface area (Å²) >= 11 is 0.